The van der Waals surface area contributed by atoms with Crippen LogP contribution in [0.2, 0.25) is 0 Å². The van der Waals surface area contributed by atoms with E-state index in [2.05, 4.69) is 4.72 Å². The number of nitrogens with zero attached hydrogens (tertiary/aromatic N) is 1. The lowest BCUT2D eigenvalue weighted by atomic mass is 9.75. The van der Waals surface area contributed by atoms with E-state index in [4.69, 9.17) is 4.74 Å². The Labute approximate surface area is 115 Å². The lowest BCUT2D eigenvalue weighted by Gasteiger charge is -2.36. The Morgan fingerprint density at radius 2 is 1.79 bits per heavy atom. The minimum absolute atomic E-state index is 0.0542. The summed E-state index contributed by atoms with van der Waals surface area (Å²) in [5.74, 6) is 0. The van der Waals surface area contributed by atoms with Crippen LogP contribution >= 0.6 is 0 Å². The predicted molar refractivity (Wildman–Crippen MR) is 71.9 cm³/mol. The number of aliphatic hydroxyl groups excluding tert-OH is 1. The van der Waals surface area contributed by atoms with E-state index in [-0.39, 0.29) is 12.0 Å². The predicted octanol–water partition coefficient (Wildman–Crippen LogP) is 0.0958. The van der Waals surface area contributed by atoms with Gasteiger partial charge < -0.3 is 9.84 Å². The number of ether oxygens (including phenoxy) is 1. The van der Waals surface area contributed by atoms with Crippen LogP contribution in [-0.2, 0) is 14.9 Å². The van der Waals surface area contributed by atoms with Crippen molar-refractivity contribution in [3.05, 3.63) is 0 Å². The normalized spacial score (nSPS) is 25.3. The van der Waals surface area contributed by atoms with E-state index in [0.29, 0.717) is 32.8 Å². The molecule has 0 aromatic heterocycles. The van der Waals surface area contributed by atoms with Crippen molar-refractivity contribution in [3.8, 4) is 0 Å². The van der Waals surface area contributed by atoms with Crippen molar-refractivity contribution >= 4 is 10.2 Å². The fourth-order valence-corrected chi connectivity index (χ4v) is 4.12. The maximum atomic E-state index is 12.2. The summed E-state index contributed by atoms with van der Waals surface area (Å²) in [6.07, 6.45) is 5.11. The third-order valence-electron chi connectivity index (χ3n) is 4.19. The van der Waals surface area contributed by atoms with Gasteiger partial charge in [-0.1, -0.05) is 19.3 Å². The molecular weight excluding hydrogens is 268 g/mol. The Kier molecular flexibility index (Phi) is 5.19. The Hall–Kier alpha value is -0.210. The van der Waals surface area contributed by atoms with Crippen molar-refractivity contribution in [2.75, 3.05) is 39.5 Å². The zero-order valence-corrected chi connectivity index (χ0v) is 12.1. The molecule has 0 atom stereocenters. The molecule has 1 saturated heterocycles. The van der Waals surface area contributed by atoms with E-state index in [1.54, 1.807) is 0 Å². The molecule has 0 unspecified atom stereocenters. The average Bonchev–Trinajstić information content (AvgIpc) is 2.47. The van der Waals surface area contributed by atoms with Crippen LogP contribution in [0.25, 0.3) is 0 Å². The summed E-state index contributed by atoms with van der Waals surface area (Å²) >= 11 is 0. The summed E-state index contributed by atoms with van der Waals surface area (Å²) in [5.41, 5.74) is -0.266. The quantitative estimate of drug-likeness (QED) is 0.753. The zero-order chi connectivity index (χ0) is 13.8. The number of rotatable bonds is 5. The van der Waals surface area contributed by atoms with Crippen LogP contribution in [0.15, 0.2) is 0 Å². The highest BCUT2D eigenvalue weighted by Crippen LogP contribution is 2.35. The van der Waals surface area contributed by atoms with E-state index >= 15 is 0 Å². The standard InChI is InChI=1S/C12H24N2O4S/c15-11-12(4-2-1-3-5-12)10-13-19(16,17)14-6-8-18-9-7-14/h13,15H,1-11H2. The lowest BCUT2D eigenvalue weighted by molar-refractivity contribution is 0.0699. The molecule has 2 N–H and O–H groups in total. The third-order valence-corrected chi connectivity index (χ3v) is 5.74. The molecule has 0 radical (unpaired) electrons. The van der Waals surface area contributed by atoms with Gasteiger partial charge in [0.15, 0.2) is 0 Å². The highest BCUT2D eigenvalue weighted by molar-refractivity contribution is 7.87. The van der Waals surface area contributed by atoms with Crippen LogP contribution in [0.5, 0.6) is 0 Å². The summed E-state index contributed by atoms with van der Waals surface area (Å²) < 4.78 is 33.6. The maximum Gasteiger partial charge on any atom is 0.279 e. The monoisotopic (exact) mass is 292 g/mol. The molecule has 6 nitrogen and oxygen atoms in total. The van der Waals surface area contributed by atoms with Crippen LogP contribution in [0.3, 0.4) is 0 Å². The van der Waals surface area contributed by atoms with Gasteiger partial charge in [0.2, 0.25) is 0 Å². The van der Waals surface area contributed by atoms with Gasteiger partial charge in [0, 0.05) is 31.7 Å². The molecule has 1 aliphatic heterocycles. The van der Waals surface area contributed by atoms with E-state index in [1.807, 2.05) is 0 Å². The fourth-order valence-electron chi connectivity index (χ4n) is 2.82. The van der Waals surface area contributed by atoms with Gasteiger partial charge in [-0.15, -0.1) is 0 Å². The molecule has 0 bridgehead atoms. The zero-order valence-electron chi connectivity index (χ0n) is 11.3. The second kappa shape index (κ2) is 6.49. The van der Waals surface area contributed by atoms with Crippen molar-refractivity contribution in [3.63, 3.8) is 0 Å². The van der Waals surface area contributed by atoms with Gasteiger partial charge in [0.1, 0.15) is 0 Å². The number of aliphatic hydroxyl groups is 1. The smallest absolute Gasteiger partial charge is 0.279 e. The van der Waals surface area contributed by atoms with E-state index in [0.717, 1.165) is 25.7 Å². The van der Waals surface area contributed by atoms with E-state index in [1.165, 1.54) is 10.7 Å². The number of morpholine rings is 1. The second-order valence-corrected chi connectivity index (χ2v) is 7.31. The van der Waals surface area contributed by atoms with Crippen LogP contribution in [-0.4, -0.2) is 57.3 Å². The minimum Gasteiger partial charge on any atom is -0.396 e. The highest BCUT2D eigenvalue weighted by Gasteiger charge is 2.34. The summed E-state index contributed by atoms with van der Waals surface area (Å²) in [4.78, 5) is 0. The van der Waals surface area contributed by atoms with Crippen molar-refractivity contribution in [2.24, 2.45) is 5.41 Å². The Morgan fingerprint density at radius 3 is 2.37 bits per heavy atom. The van der Waals surface area contributed by atoms with Gasteiger partial charge in [-0.3, -0.25) is 0 Å². The first kappa shape index (κ1) is 15.2. The van der Waals surface area contributed by atoms with Gasteiger partial charge in [-0.25, -0.2) is 4.72 Å². The van der Waals surface area contributed by atoms with Crippen molar-refractivity contribution in [2.45, 2.75) is 32.1 Å². The molecule has 2 aliphatic rings. The molecule has 7 heteroatoms. The van der Waals surface area contributed by atoms with Gasteiger partial charge in [0.05, 0.1) is 13.2 Å². The molecule has 1 aliphatic carbocycles. The first-order valence-corrected chi connectivity index (χ1v) is 8.45. The van der Waals surface area contributed by atoms with Gasteiger partial charge in [-0.05, 0) is 12.8 Å². The molecule has 19 heavy (non-hydrogen) atoms. The summed E-state index contributed by atoms with van der Waals surface area (Å²) in [5, 5.41) is 9.58. The topological polar surface area (TPSA) is 78.9 Å². The van der Waals surface area contributed by atoms with Crippen LogP contribution in [0.1, 0.15) is 32.1 Å². The van der Waals surface area contributed by atoms with Crippen molar-refractivity contribution in [1.29, 1.82) is 0 Å². The highest BCUT2D eigenvalue weighted by atomic mass is 32.2. The molecule has 0 aromatic rings. The van der Waals surface area contributed by atoms with E-state index < -0.39 is 10.2 Å². The molecule has 0 spiro atoms. The molecule has 1 saturated carbocycles. The molecule has 0 aromatic carbocycles. The summed E-state index contributed by atoms with van der Waals surface area (Å²) in [6.45, 7) is 2.10. The first-order valence-electron chi connectivity index (χ1n) is 7.01. The molecule has 0 amide bonds. The summed E-state index contributed by atoms with van der Waals surface area (Å²) in [7, 11) is -3.44. The van der Waals surface area contributed by atoms with Crippen molar-refractivity contribution in [1.82, 2.24) is 9.03 Å². The van der Waals surface area contributed by atoms with Gasteiger partial charge >= 0.3 is 0 Å². The van der Waals surface area contributed by atoms with Crippen LogP contribution in [0, 0.1) is 5.41 Å². The SMILES string of the molecule is O=S(=O)(NCC1(CO)CCCCC1)N1CCOCC1. The Bertz CT molecular complexity index is 373. The van der Waals surface area contributed by atoms with Gasteiger partial charge in [0.25, 0.3) is 10.2 Å². The number of hydrogen-bond acceptors (Lipinski definition) is 4. The summed E-state index contributed by atoms with van der Waals surface area (Å²) in [6, 6.07) is 0. The van der Waals surface area contributed by atoms with Gasteiger partial charge in [-0.2, -0.15) is 12.7 Å². The minimum atomic E-state index is -3.44. The molecule has 2 rings (SSSR count). The Morgan fingerprint density at radius 1 is 1.16 bits per heavy atom. The number of nitrogens with one attached hydrogen (secondary N) is 1. The fraction of sp³-hybridized carbons (Fsp3) is 1.00. The first-order chi connectivity index (χ1) is 9.08. The van der Waals surface area contributed by atoms with E-state index in [9.17, 15) is 13.5 Å². The lowest BCUT2D eigenvalue weighted by Crippen LogP contribution is -2.50. The molecule has 1 heterocycles. The maximum absolute atomic E-state index is 12.2. The third kappa shape index (κ3) is 3.88. The largest absolute Gasteiger partial charge is 0.396 e. The average molecular weight is 292 g/mol. The van der Waals surface area contributed by atoms with Crippen LogP contribution < -0.4 is 4.72 Å². The van der Waals surface area contributed by atoms with Crippen LogP contribution in [0.4, 0.5) is 0 Å². The molecular formula is C12H24N2O4S. The molecule has 112 valence electrons. The number of hydrogen-bond donors (Lipinski definition) is 2. The molecule has 2 fully saturated rings. The second-order valence-electron chi connectivity index (χ2n) is 5.56. The Balaban J connectivity index is 1.92. The van der Waals surface area contributed by atoms with Crippen molar-refractivity contribution < 1.29 is 18.3 Å².